The van der Waals surface area contributed by atoms with E-state index in [1.54, 1.807) is 12.1 Å². The Bertz CT molecular complexity index is 885. The molecule has 0 bridgehead atoms. The van der Waals surface area contributed by atoms with Crippen LogP contribution in [0.25, 0.3) is 11.0 Å². The number of hydrogen-bond donors (Lipinski definition) is 1. The first-order valence-electron chi connectivity index (χ1n) is 7.75. The summed E-state index contributed by atoms with van der Waals surface area (Å²) in [5.41, 5.74) is 6.69. The Labute approximate surface area is 134 Å². The van der Waals surface area contributed by atoms with Crippen LogP contribution in [0.1, 0.15) is 38.2 Å². The van der Waals surface area contributed by atoms with Crippen molar-refractivity contribution in [1.29, 1.82) is 5.26 Å². The highest BCUT2D eigenvalue weighted by Crippen LogP contribution is 2.45. The Morgan fingerprint density at radius 2 is 2.00 bits per heavy atom. The van der Waals surface area contributed by atoms with Gasteiger partial charge >= 0.3 is 5.63 Å². The van der Waals surface area contributed by atoms with Gasteiger partial charge in [-0.1, -0.05) is 38.8 Å². The summed E-state index contributed by atoms with van der Waals surface area (Å²) >= 11 is 0. The SMILES string of the molecule is CCC(CC)[C@H]1C(C#N)=C(N)Oc2c1c(=O)oc1ccccc21. The Balaban J connectivity index is 2.37. The number of hydrogen-bond acceptors (Lipinski definition) is 5. The van der Waals surface area contributed by atoms with Gasteiger partial charge in [0.15, 0.2) is 5.75 Å². The number of nitrogens with zero attached hydrogens (tertiary/aromatic N) is 1. The molecule has 1 aromatic heterocycles. The number of allylic oxidation sites excluding steroid dienone is 1. The average Bonchev–Trinajstić information content (AvgIpc) is 2.55. The number of rotatable bonds is 3. The van der Waals surface area contributed by atoms with Gasteiger partial charge in [-0.2, -0.15) is 5.26 Å². The van der Waals surface area contributed by atoms with Gasteiger partial charge in [0, 0.05) is 5.92 Å². The zero-order valence-electron chi connectivity index (χ0n) is 13.1. The lowest BCUT2D eigenvalue weighted by Crippen LogP contribution is -2.29. The fourth-order valence-corrected chi connectivity index (χ4v) is 3.33. The fourth-order valence-electron chi connectivity index (χ4n) is 3.33. The van der Waals surface area contributed by atoms with Crippen molar-refractivity contribution in [2.24, 2.45) is 11.7 Å². The van der Waals surface area contributed by atoms with E-state index in [1.807, 2.05) is 26.0 Å². The van der Waals surface area contributed by atoms with Crippen molar-refractivity contribution in [3.63, 3.8) is 0 Å². The van der Waals surface area contributed by atoms with E-state index in [2.05, 4.69) is 6.07 Å². The summed E-state index contributed by atoms with van der Waals surface area (Å²) in [5, 5.41) is 10.2. The lowest BCUT2D eigenvalue weighted by atomic mass is 9.77. The third kappa shape index (κ3) is 2.27. The van der Waals surface area contributed by atoms with Crippen molar-refractivity contribution in [2.45, 2.75) is 32.6 Å². The molecule has 5 heteroatoms. The molecule has 2 aromatic rings. The molecule has 2 heterocycles. The third-order valence-electron chi connectivity index (χ3n) is 4.54. The van der Waals surface area contributed by atoms with E-state index in [1.165, 1.54) is 0 Å². The molecule has 1 aromatic carbocycles. The highest BCUT2D eigenvalue weighted by molar-refractivity contribution is 5.85. The van der Waals surface area contributed by atoms with Gasteiger partial charge in [-0.05, 0) is 18.1 Å². The smallest absolute Gasteiger partial charge is 0.343 e. The zero-order chi connectivity index (χ0) is 16.6. The normalized spacial score (nSPS) is 17.0. The Morgan fingerprint density at radius 1 is 1.30 bits per heavy atom. The van der Waals surface area contributed by atoms with E-state index >= 15 is 0 Å². The van der Waals surface area contributed by atoms with E-state index in [4.69, 9.17) is 14.9 Å². The minimum absolute atomic E-state index is 0.0765. The van der Waals surface area contributed by atoms with Crippen molar-refractivity contribution in [3.8, 4) is 11.8 Å². The van der Waals surface area contributed by atoms with Gasteiger partial charge in [0.1, 0.15) is 11.7 Å². The van der Waals surface area contributed by atoms with Gasteiger partial charge in [0.25, 0.3) is 0 Å². The molecule has 23 heavy (non-hydrogen) atoms. The van der Waals surface area contributed by atoms with Gasteiger partial charge in [-0.15, -0.1) is 0 Å². The Hall–Kier alpha value is -2.74. The van der Waals surface area contributed by atoms with Crippen molar-refractivity contribution >= 4 is 11.0 Å². The first kappa shape index (κ1) is 15.2. The maximum Gasteiger partial charge on any atom is 0.343 e. The second-order valence-corrected chi connectivity index (χ2v) is 5.67. The van der Waals surface area contributed by atoms with Crippen LogP contribution < -0.4 is 16.1 Å². The molecule has 118 valence electrons. The van der Waals surface area contributed by atoms with Crippen LogP contribution in [0, 0.1) is 17.2 Å². The van der Waals surface area contributed by atoms with E-state index in [0.29, 0.717) is 27.9 Å². The quantitative estimate of drug-likeness (QED) is 0.878. The molecule has 0 radical (unpaired) electrons. The predicted molar refractivity (Wildman–Crippen MR) is 86.8 cm³/mol. The second kappa shape index (κ2) is 5.81. The van der Waals surface area contributed by atoms with Crippen LogP contribution in [0.15, 0.2) is 44.9 Å². The minimum atomic E-state index is -0.462. The summed E-state index contributed by atoms with van der Waals surface area (Å²) in [4.78, 5) is 12.6. The van der Waals surface area contributed by atoms with E-state index in [9.17, 15) is 10.1 Å². The molecular formula is C18H18N2O3. The summed E-state index contributed by atoms with van der Waals surface area (Å²) in [5.74, 6) is 0.229. The van der Waals surface area contributed by atoms with Crippen LogP contribution in [0.5, 0.6) is 5.75 Å². The maximum atomic E-state index is 12.6. The molecule has 1 aliphatic rings. The first-order valence-corrected chi connectivity index (χ1v) is 7.75. The number of benzene rings is 1. The molecule has 0 spiro atoms. The Morgan fingerprint density at radius 3 is 2.65 bits per heavy atom. The molecule has 3 rings (SSSR count). The van der Waals surface area contributed by atoms with Crippen molar-refractivity contribution in [2.75, 3.05) is 0 Å². The van der Waals surface area contributed by atoms with Crippen LogP contribution in [0.2, 0.25) is 0 Å². The predicted octanol–water partition coefficient (Wildman–Crippen LogP) is 3.40. The molecule has 0 aliphatic carbocycles. The summed E-state index contributed by atoms with van der Waals surface area (Å²) in [6, 6.07) is 9.29. The molecule has 2 N–H and O–H groups in total. The number of nitrogens with two attached hydrogens (primary N) is 1. The van der Waals surface area contributed by atoms with Crippen LogP contribution in [-0.2, 0) is 0 Å². The topological polar surface area (TPSA) is 89.3 Å². The third-order valence-corrected chi connectivity index (χ3v) is 4.54. The van der Waals surface area contributed by atoms with Gasteiger partial charge in [-0.3, -0.25) is 0 Å². The number of nitriles is 1. The van der Waals surface area contributed by atoms with E-state index in [-0.39, 0.29) is 17.7 Å². The molecule has 5 nitrogen and oxygen atoms in total. The van der Waals surface area contributed by atoms with E-state index in [0.717, 1.165) is 12.8 Å². The monoisotopic (exact) mass is 310 g/mol. The summed E-state index contributed by atoms with van der Waals surface area (Å²) in [7, 11) is 0. The van der Waals surface area contributed by atoms with Gasteiger partial charge < -0.3 is 14.9 Å². The standard InChI is InChI=1S/C18H18N2O3/c1-3-10(4-2)14-12(9-19)17(20)23-16-11-7-5-6-8-13(11)22-18(21)15(14)16/h5-8,10,14H,3-4,20H2,1-2H3/t14-/m0/s1. The maximum absolute atomic E-state index is 12.6. The lowest BCUT2D eigenvalue weighted by molar-refractivity contribution is 0.342. The molecular weight excluding hydrogens is 292 g/mol. The Kier molecular flexibility index (Phi) is 3.83. The van der Waals surface area contributed by atoms with Crippen LogP contribution in [-0.4, -0.2) is 0 Å². The molecule has 0 unspecified atom stereocenters. The second-order valence-electron chi connectivity index (χ2n) is 5.67. The van der Waals surface area contributed by atoms with Gasteiger partial charge in [0.2, 0.25) is 5.88 Å². The fraction of sp³-hybridized carbons (Fsp3) is 0.333. The number of para-hydroxylation sites is 1. The molecule has 0 amide bonds. The number of ether oxygens (including phenoxy) is 1. The van der Waals surface area contributed by atoms with Crippen molar-refractivity contribution in [1.82, 2.24) is 0 Å². The van der Waals surface area contributed by atoms with Gasteiger partial charge in [-0.25, -0.2) is 4.79 Å². The van der Waals surface area contributed by atoms with Crippen molar-refractivity contribution in [3.05, 3.63) is 51.7 Å². The molecule has 1 aliphatic heterocycles. The van der Waals surface area contributed by atoms with Crippen LogP contribution in [0.3, 0.4) is 0 Å². The van der Waals surface area contributed by atoms with E-state index < -0.39 is 5.63 Å². The molecule has 0 saturated heterocycles. The summed E-state index contributed by atoms with van der Waals surface area (Å²) in [6.45, 7) is 4.08. The minimum Gasteiger partial charge on any atom is -0.439 e. The lowest BCUT2D eigenvalue weighted by Gasteiger charge is -2.30. The average molecular weight is 310 g/mol. The molecule has 0 fully saturated rings. The summed E-state index contributed by atoms with van der Waals surface area (Å²) < 4.78 is 11.1. The first-order chi connectivity index (χ1) is 11.1. The number of fused-ring (bicyclic) bond motifs is 3. The zero-order valence-corrected chi connectivity index (χ0v) is 13.1. The van der Waals surface area contributed by atoms with Gasteiger partial charge in [0.05, 0.1) is 16.5 Å². The molecule has 0 saturated carbocycles. The van der Waals surface area contributed by atoms with Crippen LogP contribution in [0.4, 0.5) is 0 Å². The van der Waals surface area contributed by atoms with Crippen LogP contribution >= 0.6 is 0 Å². The largest absolute Gasteiger partial charge is 0.439 e. The highest BCUT2D eigenvalue weighted by atomic mass is 16.5. The molecule has 1 atom stereocenters. The van der Waals surface area contributed by atoms with Crippen molar-refractivity contribution < 1.29 is 9.15 Å². The summed E-state index contributed by atoms with van der Waals surface area (Å²) in [6.07, 6.45) is 1.65. The highest BCUT2D eigenvalue weighted by Gasteiger charge is 2.37.